The van der Waals surface area contributed by atoms with Crippen LogP contribution in [0.1, 0.15) is 30.1 Å². The van der Waals surface area contributed by atoms with Crippen LogP contribution in [-0.2, 0) is 6.42 Å². The van der Waals surface area contributed by atoms with E-state index >= 15 is 0 Å². The summed E-state index contributed by atoms with van der Waals surface area (Å²) < 4.78 is 6.71. The number of nitrogens with two attached hydrogens (primary N) is 1. The first-order valence-corrected chi connectivity index (χ1v) is 11.1. The Bertz CT molecular complexity index is 835. The Kier molecular flexibility index (Phi) is 5.44. The summed E-state index contributed by atoms with van der Waals surface area (Å²) >= 11 is 0. The molecule has 3 atom stereocenters. The summed E-state index contributed by atoms with van der Waals surface area (Å²) in [4.78, 5) is 5.01. The quantitative estimate of drug-likeness (QED) is 0.838. The summed E-state index contributed by atoms with van der Waals surface area (Å²) in [6, 6.07) is 18.1. The van der Waals surface area contributed by atoms with Crippen LogP contribution in [-0.4, -0.2) is 56.3 Å². The number of benzene rings is 2. The highest BCUT2D eigenvalue weighted by Gasteiger charge is 2.39. The summed E-state index contributed by atoms with van der Waals surface area (Å²) in [6.07, 6.45) is 3.42. The third-order valence-corrected chi connectivity index (χ3v) is 6.66. The highest BCUT2D eigenvalue weighted by atomic mass is 16.5. The molecule has 3 aliphatic rings. The van der Waals surface area contributed by atoms with Gasteiger partial charge < -0.3 is 20.7 Å². The molecule has 29 heavy (non-hydrogen) atoms. The number of piperazine rings is 1. The predicted molar refractivity (Wildman–Crippen MR) is 118 cm³/mol. The molecular weight excluding hydrogens is 360 g/mol. The molecule has 0 spiro atoms. The Labute approximate surface area is 173 Å². The molecule has 154 valence electrons. The molecule has 0 amide bonds. The number of piperidine rings is 1. The minimum absolute atomic E-state index is 0.0646. The van der Waals surface area contributed by atoms with Gasteiger partial charge in [0.1, 0.15) is 11.9 Å². The number of likely N-dealkylation sites (tertiary alicyclic amines) is 1. The second-order valence-electron chi connectivity index (χ2n) is 8.64. The molecule has 2 heterocycles. The zero-order valence-electron chi connectivity index (χ0n) is 17.1. The lowest BCUT2D eigenvalue weighted by molar-refractivity contribution is 0.0593. The van der Waals surface area contributed by atoms with Crippen molar-refractivity contribution in [2.75, 3.05) is 44.2 Å². The van der Waals surface area contributed by atoms with E-state index in [0.29, 0.717) is 6.04 Å². The van der Waals surface area contributed by atoms with E-state index < -0.39 is 0 Å². The molecule has 3 N–H and O–H groups in total. The number of nitrogens with one attached hydrogen (secondary N) is 1. The number of nitrogens with zero attached hydrogens (tertiary/aromatic N) is 2. The van der Waals surface area contributed by atoms with E-state index in [1.807, 2.05) is 0 Å². The molecule has 5 heteroatoms. The molecule has 0 bridgehead atoms. The molecule has 2 aromatic carbocycles. The highest BCUT2D eigenvalue weighted by Crippen LogP contribution is 2.39. The molecule has 5 rings (SSSR count). The normalized spacial score (nSPS) is 27.6. The minimum atomic E-state index is 0.0646. The van der Waals surface area contributed by atoms with Gasteiger partial charge in [-0.15, -0.1) is 0 Å². The van der Waals surface area contributed by atoms with Crippen LogP contribution in [0, 0.1) is 0 Å². The largest absolute Gasteiger partial charge is 0.484 e. The summed E-state index contributed by atoms with van der Waals surface area (Å²) in [7, 11) is 0. The van der Waals surface area contributed by atoms with E-state index in [4.69, 9.17) is 10.5 Å². The van der Waals surface area contributed by atoms with Crippen LogP contribution in [0.2, 0.25) is 0 Å². The maximum Gasteiger partial charge on any atom is 0.140 e. The molecule has 5 nitrogen and oxygen atoms in total. The monoisotopic (exact) mass is 392 g/mol. The summed E-state index contributed by atoms with van der Waals surface area (Å²) in [6.45, 7) is 6.26. The number of hydrogen-bond donors (Lipinski definition) is 2. The fourth-order valence-corrected chi connectivity index (χ4v) is 5.16. The van der Waals surface area contributed by atoms with Crippen molar-refractivity contribution in [1.29, 1.82) is 0 Å². The summed E-state index contributed by atoms with van der Waals surface area (Å²) in [5, 5.41) is 3.43. The third-order valence-electron chi connectivity index (χ3n) is 6.66. The number of fused-ring (bicyclic) bond motifs is 1. The van der Waals surface area contributed by atoms with Gasteiger partial charge in [-0.3, -0.25) is 4.90 Å². The van der Waals surface area contributed by atoms with Crippen molar-refractivity contribution in [1.82, 2.24) is 10.2 Å². The first-order chi connectivity index (χ1) is 14.3. The van der Waals surface area contributed by atoms with Crippen LogP contribution in [0.3, 0.4) is 0 Å². The summed E-state index contributed by atoms with van der Waals surface area (Å²) in [5.74, 6) is 0.967. The third kappa shape index (κ3) is 4.00. The van der Waals surface area contributed by atoms with Crippen molar-refractivity contribution >= 4 is 5.69 Å². The van der Waals surface area contributed by atoms with Crippen LogP contribution in [0.4, 0.5) is 5.69 Å². The summed E-state index contributed by atoms with van der Waals surface area (Å²) in [5.41, 5.74) is 10.3. The van der Waals surface area contributed by atoms with E-state index in [1.165, 1.54) is 23.2 Å². The van der Waals surface area contributed by atoms with Crippen LogP contribution in [0.25, 0.3) is 0 Å². The van der Waals surface area contributed by atoms with Gasteiger partial charge in [0.05, 0.1) is 6.04 Å². The maximum atomic E-state index is 6.71. The Morgan fingerprint density at radius 1 is 1.00 bits per heavy atom. The molecular formula is C24H32N4O. The molecule has 0 radical (unpaired) electrons. The van der Waals surface area contributed by atoms with E-state index in [-0.39, 0.29) is 12.1 Å². The van der Waals surface area contributed by atoms with Gasteiger partial charge in [0.2, 0.25) is 0 Å². The van der Waals surface area contributed by atoms with E-state index in [1.54, 1.807) is 0 Å². The number of ether oxygens (including phenoxy) is 1. The number of hydrogen-bond acceptors (Lipinski definition) is 5. The molecule has 2 aromatic rings. The van der Waals surface area contributed by atoms with Gasteiger partial charge in [-0.05, 0) is 49.1 Å². The van der Waals surface area contributed by atoms with Gasteiger partial charge in [-0.1, -0.05) is 30.3 Å². The predicted octanol–water partition coefficient (Wildman–Crippen LogP) is 2.56. The van der Waals surface area contributed by atoms with Crippen molar-refractivity contribution in [2.45, 2.75) is 37.5 Å². The van der Waals surface area contributed by atoms with Gasteiger partial charge in [0.25, 0.3) is 0 Å². The lowest BCUT2D eigenvalue weighted by Crippen LogP contribution is -2.49. The van der Waals surface area contributed by atoms with E-state index in [9.17, 15) is 0 Å². The fourth-order valence-electron chi connectivity index (χ4n) is 5.16. The second-order valence-corrected chi connectivity index (χ2v) is 8.64. The second kappa shape index (κ2) is 8.34. The van der Waals surface area contributed by atoms with E-state index in [0.717, 1.165) is 57.9 Å². The zero-order valence-corrected chi connectivity index (χ0v) is 17.1. The Balaban J connectivity index is 1.40. The fraction of sp³-hybridized carbons (Fsp3) is 0.500. The first-order valence-electron chi connectivity index (χ1n) is 11.1. The SMILES string of the molecule is N[C@H]1CCCN(C2Cc3ccccc3C2Oc2cccc(N3CCNCC3)c2)C1. The van der Waals surface area contributed by atoms with E-state index in [2.05, 4.69) is 63.6 Å². The van der Waals surface area contributed by atoms with Gasteiger partial charge in [-0.2, -0.15) is 0 Å². The van der Waals surface area contributed by atoms with Crippen molar-refractivity contribution in [2.24, 2.45) is 5.73 Å². The standard InChI is InChI=1S/C24H32N4O/c25-19-6-4-12-28(17-19)23-15-18-5-1-2-9-22(18)24(23)29-21-8-3-7-20(16-21)27-13-10-26-11-14-27/h1-3,5,7-9,16,19,23-24,26H,4,6,10-15,17,25H2/t19-,23?,24?/m0/s1. The molecule has 2 aliphatic heterocycles. The van der Waals surface area contributed by atoms with Crippen molar-refractivity contribution in [3.63, 3.8) is 0 Å². The first kappa shape index (κ1) is 18.9. The lowest BCUT2D eigenvalue weighted by Gasteiger charge is -2.38. The maximum absolute atomic E-state index is 6.71. The molecule has 0 saturated carbocycles. The average molecular weight is 393 g/mol. The van der Waals surface area contributed by atoms with Gasteiger partial charge in [-0.25, -0.2) is 0 Å². The van der Waals surface area contributed by atoms with Crippen LogP contribution in [0.5, 0.6) is 5.75 Å². The molecule has 2 unspecified atom stereocenters. The molecule has 1 aliphatic carbocycles. The minimum Gasteiger partial charge on any atom is -0.484 e. The zero-order chi connectivity index (χ0) is 19.6. The van der Waals surface area contributed by atoms with Gasteiger partial charge in [0, 0.05) is 50.5 Å². The average Bonchev–Trinajstić information content (AvgIpc) is 3.13. The Morgan fingerprint density at radius 2 is 1.86 bits per heavy atom. The molecule has 0 aromatic heterocycles. The van der Waals surface area contributed by atoms with Crippen molar-refractivity contribution < 1.29 is 4.74 Å². The lowest BCUT2D eigenvalue weighted by atomic mass is 10.0. The van der Waals surface area contributed by atoms with Gasteiger partial charge >= 0.3 is 0 Å². The van der Waals surface area contributed by atoms with Crippen molar-refractivity contribution in [3.05, 3.63) is 59.7 Å². The Hall–Kier alpha value is -2.08. The Morgan fingerprint density at radius 3 is 2.72 bits per heavy atom. The topological polar surface area (TPSA) is 53.8 Å². The molecule has 2 fully saturated rings. The van der Waals surface area contributed by atoms with Gasteiger partial charge in [0.15, 0.2) is 0 Å². The number of rotatable bonds is 4. The van der Waals surface area contributed by atoms with Crippen LogP contribution < -0.4 is 20.7 Å². The number of anilines is 1. The van der Waals surface area contributed by atoms with Crippen LogP contribution >= 0.6 is 0 Å². The van der Waals surface area contributed by atoms with Crippen LogP contribution in [0.15, 0.2) is 48.5 Å². The van der Waals surface area contributed by atoms with Crippen molar-refractivity contribution in [3.8, 4) is 5.75 Å². The molecule has 2 saturated heterocycles. The smallest absolute Gasteiger partial charge is 0.140 e. The highest BCUT2D eigenvalue weighted by molar-refractivity contribution is 5.51.